The van der Waals surface area contributed by atoms with E-state index in [9.17, 15) is 4.79 Å². The SMILES string of the molecule is CCO[C@@H]1COCC[C@H]1NC(=O)c1cncs1. The van der Waals surface area contributed by atoms with Crippen LogP contribution in [0.25, 0.3) is 0 Å². The van der Waals surface area contributed by atoms with E-state index < -0.39 is 0 Å². The third kappa shape index (κ3) is 3.24. The molecular weight excluding hydrogens is 240 g/mol. The van der Waals surface area contributed by atoms with Crippen LogP contribution in [0.15, 0.2) is 11.7 Å². The van der Waals surface area contributed by atoms with Gasteiger partial charge in [0.15, 0.2) is 0 Å². The van der Waals surface area contributed by atoms with Crippen molar-refractivity contribution in [2.45, 2.75) is 25.5 Å². The summed E-state index contributed by atoms with van der Waals surface area (Å²) in [6.45, 7) is 3.77. The molecule has 0 aliphatic carbocycles. The molecule has 0 bridgehead atoms. The second-order valence-electron chi connectivity index (χ2n) is 3.80. The lowest BCUT2D eigenvalue weighted by atomic mass is 10.1. The maximum absolute atomic E-state index is 11.9. The van der Waals surface area contributed by atoms with Gasteiger partial charge in [0.2, 0.25) is 0 Å². The molecule has 1 saturated heterocycles. The van der Waals surface area contributed by atoms with Crippen LogP contribution >= 0.6 is 11.3 Å². The number of carbonyl (C=O) groups excluding carboxylic acids is 1. The maximum Gasteiger partial charge on any atom is 0.263 e. The fourth-order valence-electron chi connectivity index (χ4n) is 1.82. The van der Waals surface area contributed by atoms with Gasteiger partial charge in [0.05, 0.1) is 24.4 Å². The quantitative estimate of drug-likeness (QED) is 0.875. The summed E-state index contributed by atoms with van der Waals surface area (Å²) in [5, 5.41) is 2.98. The van der Waals surface area contributed by atoms with Crippen molar-refractivity contribution in [3.63, 3.8) is 0 Å². The highest BCUT2D eigenvalue weighted by Gasteiger charge is 2.28. The topological polar surface area (TPSA) is 60.5 Å². The zero-order valence-corrected chi connectivity index (χ0v) is 10.5. The van der Waals surface area contributed by atoms with Crippen LogP contribution in [0, 0.1) is 0 Å². The molecule has 0 radical (unpaired) electrons. The van der Waals surface area contributed by atoms with Crippen molar-refractivity contribution in [3.8, 4) is 0 Å². The summed E-state index contributed by atoms with van der Waals surface area (Å²) in [7, 11) is 0. The van der Waals surface area contributed by atoms with E-state index in [-0.39, 0.29) is 18.1 Å². The van der Waals surface area contributed by atoms with Crippen LogP contribution in [0.5, 0.6) is 0 Å². The van der Waals surface area contributed by atoms with Crippen LogP contribution in [0.2, 0.25) is 0 Å². The number of amides is 1. The number of ether oxygens (including phenoxy) is 2. The Balaban J connectivity index is 1.93. The Bertz CT molecular complexity index is 354. The minimum atomic E-state index is -0.0795. The van der Waals surface area contributed by atoms with Crippen molar-refractivity contribution >= 4 is 17.2 Å². The third-order valence-electron chi connectivity index (χ3n) is 2.66. The van der Waals surface area contributed by atoms with Crippen LogP contribution < -0.4 is 5.32 Å². The minimum Gasteiger partial charge on any atom is -0.379 e. The standard InChI is InChI=1S/C11H16N2O3S/c1-2-16-9-6-15-4-3-8(9)13-11(14)10-5-12-7-17-10/h5,7-9H,2-4,6H2,1H3,(H,13,14)/t8-,9-/m1/s1. The van der Waals surface area contributed by atoms with E-state index in [1.54, 1.807) is 11.7 Å². The van der Waals surface area contributed by atoms with Gasteiger partial charge in [-0.05, 0) is 13.3 Å². The summed E-state index contributed by atoms with van der Waals surface area (Å²) in [6, 6.07) is 0.0262. The largest absolute Gasteiger partial charge is 0.379 e. The molecular formula is C11H16N2O3S. The molecule has 0 spiro atoms. The van der Waals surface area contributed by atoms with Crippen molar-refractivity contribution in [1.29, 1.82) is 0 Å². The predicted octanol–water partition coefficient (Wildman–Crippen LogP) is 1.07. The lowest BCUT2D eigenvalue weighted by molar-refractivity contribution is -0.0632. The van der Waals surface area contributed by atoms with Crippen molar-refractivity contribution in [2.24, 2.45) is 0 Å². The molecule has 1 aliphatic heterocycles. The van der Waals surface area contributed by atoms with E-state index in [1.165, 1.54) is 11.3 Å². The number of rotatable bonds is 4. The van der Waals surface area contributed by atoms with Crippen LogP contribution in [0.4, 0.5) is 0 Å². The summed E-state index contributed by atoms with van der Waals surface area (Å²) in [4.78, 5) is 16.4. The van der Waals surface area contributed by atoms with Crippen LogP contribution in [0.3, 0.4) is 0 Å². The van der Waals surface area contributed by atoms with Gasteiger partial charge >= 0.3 is 0 Å². The van der Waals surface area contributed by atoms with Crippen molar-refractivity contribution in [3.05, 3.63) is 16.6 Å². The average molecular weight is 256 g/mol. The number of carbonyl (C=O) groups is 1. The molecule has 1 aromatic rings. The number of nitrogens with zero attached hydrogens (tertiary/aromatic N) is 1. The van der Waals surface area contributed by atoms with Gasteiger partial charge in [-0.2, -0.15) is 0 Å². The second-order valence-corrected chi connectivity index (χ2v) is 4.69. The van der Waals surface area contributed by atoms with E-state index in [2.05, 4.69) is 10.3 Å². The molecule has 0 saturated carbocycles. The van der Waals surface area contributed by atoms with E-state index >= 15 is 0 Å². The zero-order chi connectivity index (χ0) is 12.1. The molecule has 94 valence electrons. The normalized spacial score (nSPS) is 24.5. The molecule has 1 aliphatic rings. The number of aromatic nitrogens is 1. The summed E-state index contributed by atoms with van der Waals surface area (Å²) < 4.78 is 10.9. The van der Waals surface area contributed by atoms with E-state index in [0.717, 1.165) is 6.42 Å². The number of hydrogen-bond donors (Lipinski definition) is 1. The van der Waals surface area contributed by atoms with E-state index in [1.807, 2.05) is 6.92 Å². The summed E-state index contributed by atoms with van der Waals surface area (Å²) in [5.41, 5.74) is 1.65. The number of hydrogen-bond acceptors (Lipinski definition) is 5. The molecule has 5 nitrogen and oxygen atoms in total. The fraction of sp³-hybridized carbons (Fsp3) is 0.636. The first-order valence-electron chi connectivity index (χ1n) is 5.70. The number of thiazole rings is 1. The van der Waals surface area contributed by atoms with Crippen molar-refractivity contribution in [1.82, 2.24) is 10.3 Å². The van der Waals surface area contributed by atoms with Gasteiger partial charge in [-0.1, -0.05) is 0 Å². The maximum atomic E-state index is 11.9. The molecule has 2 rings (SSSR count). The average Bonchev–Trinajstić information content (AvgIpc) is 2.85. The Labute approximate surface area is 104 Å². The van der Waals surface area contributed by atoms with Crippen LogP contribution in [-0.2, 0) is 9.47 Å². The Morgan fingerprint density at radius 2 is 2.65 bits per heavy atom. The first-order chi connectivity index (χ1) is 8.31. The highest BCUT2D eigenvalue weighted by molar-refractivity contribution is 7.11. The summed E-state index contributed by atoms with van der Waals surface area (Å²) in [5.74, 6) is -0.0795. The van der Waals surface area contributed by atoms with Gasteiger partial charge in [-0.15, -0.1) is 11.3 Å². The lowest BCUT2D eigenvalue weighted by Crippen LogP contribution is -2.49. The smallest absolute Gasteiger partial charge is 0.263 e. The fourth-order valence-corrected chi connectivity index (χ4v) is 2.35. The predicted molar refractivity (Wildman–Crippen MR) is 64.2 cm³/mol. The van der Waals surface area contributed by atoms with Gasteiger partial charge in [0, 0.05) is 13.2 Å². The third-order valence-corrected chi connectivity index (χ3v) is 3.43. The highest BCUT2D eigenvalue weighted by atomic mass is 32.1. The van der Waals surface area contributed by atoms with Gasteiger partial charge in [0.1, 0.15) is 11.0 Å². The molecule has 17 heavy (non-hydrogen) atoms. The Morgan fingerprint density at radius 1 is 1.76 bits per heavy atom. The van der Waals surface area contributed by atoms with Crippen molar-refractivity contribution < 1.29 is 14.3 Å². The van der Waals surface area contributed by atoms with E-state index in [0.29, 0.717) is 24.7 Å². The van der Waals surface area contributed by atoms with Gasteiger partial charge < -0.3 is 14.8 Å². The molecule has 1 aromatic heterocycles. The van der Waals surface area contributed by atoms with Crippen LogP contribution in [-0.4, -0.2) is 42.9 Å². The molecule has 1 N–H and O–H groups in total. The summed E-state index contributed by atoms with van der Waals surface area (Å²) in [6.07, 6.45) is 2.31. The summed E-state index contributed by atoms with van der Waals surface area (Å²) >= 11 is 1.34. The molecule has 2 atom stereocenters. The molecule has 0 aromatic carbocycles. The Hall–Kier alpha value is -0.980. The zero-order valence-electron chi connectivity index (χ0n) is 9.72. The lowest BCUT2D eigenvalue weighted by Gasteiger charge is -2.31. The Kier molecular flexibility index (Phi) is 4.47. The first kappa shape index (κ1) is 12.5. The molecule has 0 unspecified atom stereocenters. The van der Waals surface area contributed by atoms with E-state index in [4.69, 9.17) is 9.47 Å². The van der Waals surface area contributed by atoms with Crippen LogP contribution in [0.1, 0.15) is 23.0 Å². The number of nitrogens with one attached hydrogen (secondary N) is 1. The molecule has 1 fully saturated rings. The second kappa shape index (κ2) is 6.09. The van der Waals surface area contributed by atoms with Crippen molar-refractivity contribution in [2.75, 3.05) is 19.8 Å². The highest BCUT2D eigenvalue weighted by Crippen LogP contribution is 2.13. The molecule has 6 heteroatoms. The first-order valence-corrected chi connectivity index (χ1v) is 6.58. The van der Waals surface area contributed by atoms with Gasteiger partial charge in [-0.3, -0.25) is 9.78 Å². The van der Waals surface area contributed by atoms with Gasteiger partial charge in [0.25, 0.3) is 5.91 Å². The minimum absolute atomic E-state index is 0.0262. The van der Waals surface area contributed by atoms with Gasteiger partial charge in [-0.25, -0.2) is 0 Å². The molecule has 1 amide bonds. The monoisotopic (exact) mass is 256 g/mol. The molecule has 2 heterocycles. The Morgan fingerprint density at radius 3 is 3.35 bits per heavy atom.